The summed E-state index contributed by atoms with van der Waals surface area (Å²) < 4.78 is 5.45. The molecule has 1 aliphatic rings. The van der Waals surface area contributed by atoms with Crippen LogP contribution in [0.25, 0.3) is 0 Å². The SMILES string of the molecule is CC=C(C)C1(c2n[nH]c(C)n2)CCOCC1. The van der Waals surface area contributed by atoms with Crippen LogP contribution in [0.1, 0.15) is 38.3 Å². The molecule has 4 nitrogen and oxygen atoms in total. The van der Waals surface area contributed by atoms with Crippen LogP contribution >= 0.6 is 0 Å². The number of nitrogens with zero attached hydrogens (tertiary/aromatic N) is 2. The predicted octanol–water partition coefficient (Wildman–Crippen LogP) is 2.13. The zero-order valence-corrected chi connectivity index (χ0v) is 10.2. The summed E-state index contributed by atoms with van der Waals surface area (Å²) in [5, 5.41) is 7.29. The lowest BCUT2D eigenvalue weighted by Crippen LogP contribution is -2.36. The molecule has 0 aliphatic carbocycles. The second-order valence-electron chi connectivity index (χ2n) is 4.41. The summed E-state index contributed by atoms with van der Waals surface area (Å²) in [4.78, 5) is 4.51. The van der Waals surface area contributed by atoms with Crippen molar-refractivity contribution in [3.05, 3.63) is 23.3 Å². The molecule has 0 amide bonds. The Labute approximate surface area is 96.1 Å². The molecule has 2 heterocycles. The first-order valence-electron chi connectivity index (χ1n) is 5.79. The molecule has 1 aromatic heterocycles. The fourth-order valence-corrected chi connectivity index (χ4v) is 2.35. The number of hydrogen-bond donors (Lipinski definition) is 1. The Morgan fingerprint density at radius 1 is 1.44 bits per heavy atom. The minimum Gasteiger partial charge on any atom is -0.381 e. The number of allylic oxidation sites excluding steroid dienone is 2. The highest BCUT2D eigenvalue weighted by Crippen LogP contribution is 2.39. The number of aromatic nitrogens is 3. The molecule has 0 radical (unpaired) electrons. The first-order chi connectivity index (χ1) is 7.69. The molecule has 1 saturated heterocycles. The summed E-state index contributed by atoms with van der Waals surface area (Å²) in [6, 6.07) is 0. The van der Waals surface area contributed by atoms with E-state index in [2.05, 4.69) is 35.1 Å². The molecular weight excluding hydrogens is 202 g/mol. The predicted molar refractivity (Wildman–Crippen MR) is 62.3 cm³/mol. The van der Waals surface area contributed by atoms with Crippen molar-refractivity contribution < 1.29 is 4.74 Å². The molecule has 4 heteroatoms. The molecule has 1 aliphatic heterocycles. The third kappa shape index (κ3) is 1.78. The number of aromatic amines is 1. The summed E-state index contributed by atoms with van der Waals surface area (Å²) >= 11 is 0. The first kappa shape index (κ1) is 11.3. The van der Waals surface area contributed by atoms with Gasteiger partial charge in [-0.3, -0.25) is 5.10 Å². The van der Waals surface area contributed by atoms with Gasteiger partial charge in [-0.15, -0.1) is 0 Å². The van der Waals surface area contributed by atoms with Gasteiger partial charge >= 0.3 is 0 Å². The van der Waals surface area contributed by atoms with Crippen molar-refractivity contribution in [2.45, 2.75) is 39.0 Å². The number of ether oxygens (including phenoxy) is 1. The highest BCUT2D eigenvalue weighted by Gasteiger charge is 2.39. The van der Waals surface area contributed by atoms with Crippen molar-refractivity contribution in [3.8, 4) is 0 Å². The van der Waals surface area contributed by atoms with Crippen molar-refractivity contribution in [2.24, 2.45) is 0 Å². The van der Waals surface area contributed by atoms with Gasteiger partial charge in [0, 0.05) is 13.2 Å². The van der Waals surface area contributed by atoms with E-state index in [0.29, 0.717) is 0 Å². The lowest BCUT2D eigenvalue weighted by Gasteiger charge is -2.35. The van der Waals surface area contributed by atoms with Crippen molar-refractivity contribution in [2.75, 3.05) is 13.2 Å². The van der Waals surface area contributed by atoms with Gasteiger partial charge in [-0.1, -0.05) is 11.6 Å². The molecule has 2 rings (SSSR count). The largest absolute Gasteiger partial charge is 0.381 e. The molecule has 1 N–H and O–H groups in total. The Balaban J connectivity index is 2.41. The van der Waals surface area contributed by atoms with Gasteiger partial charge in [0.2, 0.25) is 0 Å². The maximum Gasteiger partial charge on any atom is 0.161 e. The van der Waals surface area contributed by atoms with Gasteiger partial charge in [-0.05, 0) is 33.6 Å². The van der Waals surface area contributed by atoms with E-state index in [0.717, 1.165) is 37.7 Å². The van der Waals surface area contributed by atoms with Crippen LogP contribution in [-0.2, 0) is 10.2 Å². The molecule has 88 valence electrons. The molecule has 0 unspecified atom stereocenters. The van der Waals surface area contributed by atoms with Gasteiger partial charge in [0.05, 0.1) is 5.41 Å². The van der Waals surface area contributed by atoms with Crippen LogP contribution in [0.15, 0.2) is 11.6 Å². The maximum absolute atomic E-state index is 5.45. The lowest BCUT2D eigenvalue weighted by atomic mass is 9.73. The second kappa shape index (κ2) is 4.37. The molecule has 0 bridgehead atoms. The second-order valence-corrected chi connectivity index (χ2v) is 4.41. The highest BCUT2D eigenvalue weighted by atomic mass is 16.5. The topological polar surface area (TPSA) is 50.8 Å². The fraction of sp³-hybridized carbons (Fsp3) is 0.667. The van der Waals surface area contributed by atoms with Crippen LogP contribution in [0.3, 0.4) is 0 Å². The summed E-state index contributed by atoms with van der Waals surface area (Å²) in [7, 11) is 0. The van der Waals surface area contributed by atoms with Gasteiger partial charge in [0.25, 0.3) is 0 Å². The summed E-state index contributed by atoms with van der Waals surface area (Å²) in [5.41, 5.74) is 1.33. The number of aryl methyl sites for hydroxylation is 1. The van der Waals surface area contributed by atoms with Crippen molar-refractivity contribution in [1.82, 2.24) is 15.2 Å². The van der Waals surface area contributed by atoms with E-state index in [4.69, 9.17) is 4.74 Å². The minimum absolute atomic E-state index is 0.0161. The fourth-order valence-electron chi connectivity index (χ4n) is 2.35. The van der Waals surface area contributed by atoms with Crippen molar-refractivity contribution in [3.63, 3.8) is 0 Å². The van der Waals surface area contributed by atoms with Crippen molar-refractivity contribution >= 4 is 0 Å². The standard InChI is InChI=1S/C12H19N3O/c1-4-9(2)12(5-7-16-8-6-12)11-13-10(3)14-15-11/h4H,5-8H2,1-3H3,(H,13,14,15). The maximum atomic E-state index is 5.45. The van der Waals surface area contributed by atoms with Gasteiger partial charge in [0.15, 0.2) is 5.82 Å². The highest BCUT2D eigenvalue weighted by molar-refractivity contribution is 5.27. The van der Waals surface area contributed by atoms with Crippen LogP contribution in [0, 0.1) is 6.92 Å². The molecule has 0 spiro atoms. The smallest absolute Gasteiger partial charge is 0.161 e. The van der Waals surface area contributed by atoms with Crippen LogP contribution in [0.2, 0.25) is 0 Å². The van der Waals surface area contributed by atoms with Crippen LogP contribution in [0.4, 0.5) is 0 Å². The Hall–Kier alpha value is -1.16. The Bertz CT molecular complexity index is 389. The monoisotopic (exact) mass is 221 g/mol. The van der Waals surface area contributed by atoms with E-state index in [1.165, 1.54) is 5.57 Å². The zero-order valence-electron chi connectivity index (χ0n) is 10.2. The van der Waals surface area contributed by atoms with E-state index < -0.39 is 0 Å². The zero-order chi connectivity index (χ0) is 11.6. The van der Waals surface area contributed by atoms with Gasteiger partial charge in [-0.25, -0.2) is 4.98 Å². The van der Waals surface area contributed by atoms with E-state index in [1.54, 1.807) is 0 Å². The van der Waals surface area contributed by atoms with E-state index >= 15 is 0 Å². The third-order valence-electron chi connectivity index (χ3n) is 3.56. The van der Waals surface area contributed by atoms with Crippen molar-refractivity contribution in [1.29, 1.82) is 0 Å². The van der Waals surface area contributed by atoms with Gasteiger partial charge in [-0.2, -0.15) is 5.10 Å². The molecular formula is C12H19N3O. The number of hydrogen-bond acceptors (Lipinski definition) is 3. The molecule has 0 aromatic carbocycles. The Morgan fingerprint density at radius 2 is 2.12 bits per heavy atom. The molecule has 1 fully saturated rings. The first-order valence-corrected chi connectivity index (χ1v) is 5.79. The van der Waals surface area contributed by atoms with Gasteiger partial charge in [0.1, 0.15) is 5.82 Å². The number of H-pyrrole nitrogens is 1. The van der Waals surface area contributed by atoms with Crippen LogP contribution < -0.4 is 0 Å². The average molecular weight is 221 g/mol. The Morgan fingerprint density at radius 3 is 2.62 bits per heavy atom. The number of nitrogens with one attached hydrogen (secondary N) is 1. The van der Waals surface area contributed by atoms with Gasteiger partial charge < -0.3 is 4.74 Å². The summed E-state index contributed by atoms with van der Waals surface area (Å²) in [6.45, 7) is 7.76. The molecule has 0 saturated carbocycles. The van der Waals surface area contributed by atoms with E-state index in [1.807, 2.05) is 6.92 Å². The average Bonchev–Trinajstić information content (AvgIpc) is 2.76. The normalized spacial score (nSPS) is 21.1. The van der Waals surface area contributed by atoms with E-state index in [-0.39, 0.29) is 5.41 Å². The molecule has 16 heavy (non-hydrogen) atoms. The Kier molecular flexibility index (Phi) is 3.10. The van der Waals surface area contributed by atoms with Crippen LogP contribution in [-0.4, -0.2) is 28.4 Å². The summed E-state index contributed by atoms with van der Waals surface area (Å²) in [5.74, 6) is 1.80. The minimum atomic E-state index is -0.0161. The summed E-state index contributed by atoms with van der Waals surface area (Å²) in [6.07, 6.45) is 4.11. The van der Waals surface area contributed by atoms with Crippen LogP contribution in [0.5, 0.6) is 0 Å². The molecule has 1 aromatic rings. The number of rotatable bonds is 2. The molecule has 0 atom stereocenters. The lowest BCUT2D eigenvalue weighted by molar-refractivity contribution is 0.0592. The quantitative estimate of drug-likeness (QED) is 0.778. The third-order valence-corrected chi connectivity index (χ3v) is 3.56. The van der Waals surface area contributed by atoms with E-state index in [9.17, 15) is 0 Å².